The van der Waals surface area contributed by atoms with Crippen LogP contribution in [-0.4, -0.2) is 68.9 Å². The number of hydrogen-bond donors (Lipinski definition) is 7. The van der Waals surface area contributed by atoms with Crippen LogP contribution in [0.3, 0.4) is 0 Å². The van der Waals surface area contributed by atoms with Crippen LogP contribution in [-0.2, 0) is 35.5 Å². The van der Waals surface area contributed by atoms with Gasteiger partial charge in [-0.25, -0.2) is 14.0 Å². The van der Waals surface area contributed by atoms with Crippen LogP contribution in [0.15, 0.2) is 76.7 Å². The Hall–Kier alpha value is -7.24. The zero-order valence-electron chi connectivity index (χ0n) is 41.7. The molecule has 0 aliphatic heterocycles. The van der Waals surface area contributed by atoms with Crippen molar-refractivity contribution in [3.8, 4) is 17.2 Å². The van der Waals surface area contributed by atoms with Gasteiger partial charge in [0, 0.05) is 25.2 Å². The fraction of sp³-hybridized carbons (Fsp3) is 0.442. The maximum absolute atomic E-state index is 14.4. The Bertz CT molecular complexity index is 2410. The standard InChI is InChI=1S/C52H72FN9O8/c1-8-9-24-67-44-29-39(48(64)66-7)27-37(15-11-13-23-59-50(56)57)45(44)60-30-35-25-36(14-10-12-22-58-49(54)55)46(43(26-35)68-31-33(2)3)62-47(63)38-18-21-41(61-51(65)70-52(4,5)6)42(28-38)69-32-34-16-19-40(53)20-17-34/h16-21,25-29,33,60H,8-15,22-24,30-32H2,1-7H3,(H,61,65)(H,62,63)(H4,54,55,58)(H4,56,57,59). The molecule has 70 heavy (non-hydrogen) atoms. The summed E-state index contributed by atoms with van der Waals surface area (Å²) in [7, 11) is 1.34. The first-order chi connectivity index (χ1) is 33.3. The number of nitrogens with one attached hydrogen (secondary N) is 3. The van der Waals surface area contributed by atoms with E-state index in [1.807, 2.05) is 32.0 Å². The maximum atomic E-state index is 14.4. The van der Waals surface area contributed by atoms with E-state index < -0.39 is 29.4 Å². The number of hydrogen-bond acceptors (Lipinski definition) is 11. The molecule has 0 aliphatic carbocycles. The molecule has 0 aliphatic rings. The number of amides is 2. The van der Waals surface area contributed by atoms with Gasteiger partial charge in [-0.3, -0.25) is 20.1 Å². The van der Waals surface area contributed by atoms with E-state index in [2.05, 4.69) is 32.9 Å². The molecule has 4 rings (SSSR count). The normalized spacial score (nSPS) is 11.0. The van der Waals surface area contributed by atoms with Gasteiger partial charge in [0.15, 0.2) is 11.9 Å². The Labute approximate surface area is 411 Å². The molecule has 0 fully saturated rings. The SMILES string of the molecule is CCCCOc1cc(C(=O)OC)cc(CCCCN=C(N)N)c1NCc1cc(CCCCN=C(N)N)c(NC(=O)c2ccc(NC(=O)OC(C)(C)C)c(OCc3ccc(F)cc3)c2)c(OCC(C)C)c1. The van der Waals surface area contributed by atoms with Crippen molar-refractivity contribution < 1.29 is 42.5 Å². The van der Waals surface area contributed by atoms with Gasteiger partial charge in [0.1, 0.15) is 35.3 Å². The maximum Gasteiger partial charge on any atom is 0.412 e. The van der Waals surface area contributed by atoms with E-state index in [1.165, 1.54) is 25.3 Å². The van der Waals surface area contributed by atoms with Crippen LogP contribution in [0.25, 0.3) is 0 Å². The predicted molar refractivity (Wildman–Crippen MR) is 274 cm³/mol. The van der Waals surface area contributed by atoms with Crippen LogP contribution in [0, 0.1) is 11.7 Å². The smallest absolute Gasteiger partial charge is 0.412 e. The van der Waals surface area contributed by atoms with Crippen LogP contribution in [0.1, 0.15) is 123 Å². The Morgan fingerprint density at radius 1 is 0.700 bits per heavy atom. The number of unbranched alkanes of at least 4 members (excludes halogenated alkanes) is 3. The number of carbonyl (C=O) groups excluding carboxylic acids is 3. The number of methoxy groups -OCH3 is 1. The number of benzene rings is 4. The number of nitrogens with two attached hydrogens (primary N) is 4. The first-order valence-corrected chi connectivity index (χ1v) is 23.7. The highest BCUT2D eigenvalue weighted by Crippen LogP contribution is 2.37. The monoisotopic (exact) mass is 970 g/mol. The third-order valence-electron chi connectivity index (χ3n) is 10.4. The van der Waals surface area contributed by atoms with Gasteiger partial charge in [0.05, 0.1) is 42.9 Å². The van der Waals surface area contributed by atoms with Crippen LogP contribution in [0.2, 0.25) is 0 Å². The average Bonchev–Trinajstić information content (AvgIpc) is 3.29. The highest BCUT2D eigenvalue weighted by Gasteiger charge is 2.22. The quantitative estimate of drug-likeness (QED) is 0.0128. The Kier molecular flexibility index (Phi) is 21.9. The van der Waals surface area contributed by atoms with Crippen molar-refractivity contribution in [3.05, 3.63) is 106 Å². The van der Waals surface area contributed by atoms with Gasteiger partial charge in [0.25, 0.3) is 5.91 Å². The second-order valence-electron chi connectivity index (χ2n) is 18.1. The summed E-state index contributed by atoms with van der Waals surface area (Å²) in [5.74, 6) is -0.0120. The molecule has 17 nitrogen and oxygen atoms in total. The molecule has 380 valence electrons. The van der Waals surface area contributed by atoms with E-state index in [0.29, 0.717) is 93.3 Å². The number of halogens is 1. The first-order valence-electron chi connectivity index (χ1n) is 23.7. The molecule has 0 unspecified atom stereocenters. The van der Waals surface area contributed by atoms with E-state index in [4.69, 9.17) is 46.6 Å². The van der Waals surface area contributed by atoms with Crippen molar-refractivity contribution in [2.45, 2.75) is 112 Å². The molecule has 11 N–H and O–H groups in total. The minimum Gasteiger partial charge on any atom is -0.491 e. The second-order valence-corrected chi connectivity index (χ2v) is 18.1. The van der Waals surface area contributed by atoms with Gasteiger partial charge in [-0.2, -0.15) is 0 Å². The van der Waals surface area contributed by atoms with Gasteiger partial charge < -0.3 is 57.3 Å². The molecule has 0 heterocycles. The van der Waals surface area contributed by atoms with Crippen molar-refractivity contribution >= 4 is 47.0 Å². The molecular formula is C52H72FN9O8. The third-order valence-corrected chi connectivity index (χ3v) is 10.4. The van der Waals surface area contributed by atoms with Crippen molar-refractivity contribution in [3.63, 3.8) is 0 Å². The fourth-order valence-electron chi connectivity index (χ4n) is 6.98. The second kappa shape index (κ2) is 27.7. The van der Waals surface area contributed by atoms with E-state index in [-0.39, 0.29) is 41.4 Å². The molecule has 0 bridgehead atoms. The number of anilines is 3. The summed E-state index contributed by atoms with van der Waals surface area (Å²) in [6.45, 7) is 13.4. The molecule has 0 atom stereocenters. The lowest BCUT2D eigenvalue weighted by atomic mass is 9.99. The van der Waals surface area contributed by atoms with Crippen molar-refractivity contribution in [1.29, 1.82) is 0 Å². The number of rotatable bonds is 27. The number of ether oxygens (including phenoxy) is 5. The number of aryl methyl sites for hydroxylation is 2. The summed E-state index contributed by atoms with van der Waals surface area (Å²) < 4.78 is 43.3. The van der Waals surface area contributed by atoms with E-state index >= 15 is 0 Å². The van der Waals surface area contributed by atoms with Crippen LogP contribution < -0.4 is 53.1 Å². The molecule has 0 radical (unpaired) electrons. The Morgan fingerprint density at radius 3 is 1.93 bits per heavy atom. The zero-order chi connectivity index (χ0) is 51.2. The molecule has 2 amide bonds. The molecule has 0 aromatic heterocycles. The van der Waals surface area contributed by atoms with E-state index in [0.717, 1.165) is 41.6 Å². The lowest BCUT2D eigenvalue weighted by molar-refractivity contribution is 0.0597. The highest BCUT2D eigenvalue weighted by molar-refractivity contribution is 6.06. The van der Waals surface area contributed by atoms with E-state index in [9.17, 15) is 18.8 Å². The Morgan fingerprint density at radius 2 is 1.33 bits per heavy atom. The lowest BCUT2D eigenvalue weighted by Gasteiger charge is -2.22. The predicted octanol–water partition coefficient (Wildman–Crippen LogP) is 8.81. The van der Waals surface area contributed by atoms with Crippen molar-refractivity contribution in [2.75, 3.05) is 49.4 Å². The van der Waals surface area contributed by atoms with Gasteiger partial charge in [-0.1, -0.05) is 45.4 Å². The summed E-state index contributed by atoms with van der Waals surface area (Å²) in [6.07, 6.45) is 4.88. The van der Waals surface area contributed by atoms with Crippen molar-refractivity contribution in [2.24, 2.45) is 38.8 Å². The summed E-state index contributed by atoms with van der Waals surface area (Å²) in [5.41, 5.74) is 26.8. The minimum absolute atomic E-state index is 0.00418. The average molecular weight is 970 g/mol. The van der Waals surface area contributed by atoms with Crippen LogP contribution in [0.4, 0.5) is 26.2 Å². The van der Waals surface area contributed by atoms with Gasteiger partial charge in [-0.05, 0) is 142 Å². The third kappa shape index (κ3) is 19.0. The minimum atomic E-state index is -0.772. The van der Waals surface area contributed by atoms with Gasteiger partial charge in [0.2, 0.25) is 0 Å². The molecule has 4 aromatic carbocycles. The summed E-state index contributed by atoms with van der Waals surface area (Å²) >= 11 is 0. The van der Waals surface area contributed by atoms with E-state index in [1.54, 1.807) is 51.1 Å². The molecule has 0 saturated carbocycles. The molecular weight excluding hydrogens is 898 g/mol. The number of nitrogens with zero attached hydrogens (tertiary/aromatic N) is 2. The highest BCUT2D eigenvalue weighted by atomic mass is 19.1. The topological polar surface area (TPSA) is 262 Å². The van der Waals surface area contributed by atoms with Gasteiger partial charge in [-0.15, -0.1) is 0 Å². The number of guanidine groups is 2. The molecule has 18 heteroatoms. The van der Waals surface area contributed by atoms with Crippen LogP contribution >= 0.6 is 0 Å². The zero-order valence-corrected chi connectivity index (χ0v) is 41.7. The number of carbonyl (C=O) groups is 3. The van der Waals surface area contributed by atoms with Crippen molar-refractivity contribution in [1.82, 2.24) is 0 Å². The summed E-state index contributed by atoms with van der Waals surface area (Å²) in [5, 5.41) is 9.48. The number of aliphatic imine (C=N–C) groups is 2. The summed E-state index contributed by atoms with van der Waals surface area (Å²) in [4.78, 5) is 48.5. The first kappa shape index (κ1) is 55.4. The Balaban J connectivity index is 1.78. The fourth-order valence-corrected chi connectivity index (χ4v) is 6.98. The van der Waals surface area contributed by atoms with Crippen LogP contribution in [0.5, 0.6) is 17.2 Å². The largest absolute Gasteiger partial charge is 0.491 e. The molecule has 4 aromatic rings. The lowest BCUT2D eigenvalue weighted by Crippen LogP contribution is -2.27. The number of esters is 1. The molecule has 0 spiro atoms. The summed E-state index contributed by atoms with van der Waals surface area (Å²) in [6, 6.07) is 17.9. The molecule has 0 saturated heterocycles. The van der Waals surface area contributed by atoms with Gasteiger partial charge >= 0.3 is 12.1 Å².